The minimum atomic E-state index is -0.443. The summed E-state index contributed by atoms with van der Waals surface area (Å²) in [5, 5.41) is 6.08. The molecule has 0 bridgehead atoms. The van der Waals surface area contributed by atoms with Gasteiger partial charge in [-0.15, -0.1) is 0 Å². The van der Waals surface area contributed by atoms with Gasteiger partial charge >= 0.3 is 0 Å². The van der Waals surface area contributed by atoms with Crippen LogP contribution in [0.5, 0.6) is 0 Å². The summed E-state index contributed by atoms with van der Waals surface area (Å²) in [7, 11) is 0. The van der Waals surface area contributed by atoms with Crippen molar-refractivity contribution in [3.63, 3.8) is 0 Å². The van der Waals surface area contributed by atoms with Crippen LogP contribution in [0.2, 0.25) is 5.02 Å². The summed E-state index contributed by atoms with van der Waals surface area (Å²) in [6.45, 7) is 2.20. The first-order valence-corrected chi connectivity index (χ1v) is 11.6. The number of carbonyl (C=O) groups is 2. The Bertz CT molecular complexity index is 1060. The highest BCUT2D eigenvalue weighted by Crippen LogP contribution is 2.22. The average Bonchev–Trinajstić information content (AvgIpc) is 2.76. The molecule has 0 unspecified atom stereocenters. The summed E-state index contributed by atoms with van der Waals surface area (Å²) in [5.74, 6) is 0.0333. The minimum absolute atomic E-state index is 0.0939. The molecule has 160 valence electrons. The van der Waals surface area contributed by atoms with Crippen LogP contribution in [-0.2, 0) is 10.5 Å². The van der Waals surface area contributed by atoms with Gasteiger partial charge in [-0.2, -0.15) is 0 Å². The van der Waals surface area contributed by atoms with E-state index in [-0.39, 0.29) is 29.6 Å². The zero-order valence-electron chi connectivity index (χ0n) is 16.7. The summed E-state index contributed by atoms with van der Waals surface area (Å²) < 4.78 is 0.927. The van der Waals surface area contributed by atoms with E-state index >= 15 is 0 Å². The predicted octanol–water partition coefficient (Wildman–Crippen LogP) is 5.25. The van der Waals surface area contributed by atoms with Crippen LogP contribution in [0.25, 0.3) is 0 Å². The molecule has 2 amide bonds. The van der Waals surface area contributed by atoms with Crippen molar-refractivity contribution >= 4 is 56.8 Å². The summed E-state index contributed by atoms with van der Waals surface area (Å²) in [6.07, 6.45) is 1.54. The van der Waals surface area contributed by atoms with E-state index in [1.807, 2.05) is 43.3 Å². The second kappa shape index (κ2) is 11.3. The van der Waals surface area contributed by atoms with Gasteiger partial charge in [0, 0.05) is 28.9 Å². The maximum absolute atomic E-state index is 12.5. The Morgan fingerprint density at radius 1 is 1.10 bits per heavy atom. The number of hydrogen-bond acceptors (Lipinski definition) is 5. The van der Waals surface area contributed by atoms with Crippen molar-refractivity contribution in [2.24, 2.45) is 0 Å². The third kappa shape index (κ3) is 7.34. The van der Waals surface area contributed by atoms with Crippen LogP contribution in [0.1, 0.15) is 28.0 Å². The van der Waals surface area contributed by atoms with Crippen LogP contribution in [0.4, 0.5) is 5.69 Å². The van der Waals surface area contributed by atoms with E-state index in [4.69, 9.17) is 11.6 Å². The molecule has 0 fully saturated rings. The normalized spacial score (nSPS) is 10.5. The maximum Gasteiger partial charge on any atom is 0.271 e. The van der Waals surface area contributed by atoms with Gasteiger partial charge in [0.25, 0.3) is 5.91 Å². The smallest absolute Gasteiger partial charge is 0.271 e. The molecule has 0 aliphatic rings. The quantitative estimate of drug-likeness (QED) is 0.314. The molecular formula is C22H20BrClN4O2S. The Hall–Kier alpha value is -2.42. The zero-order chi connectivity index (χ0) is 22.2. The molecular weight excluding hydrogens is 500 g/mol. The number of nitrogens with one attached hydrogen (secondary N) is 2. The molecule has 9 heteroatoms. The number of carbonyl (C=O) groups excluding carboxylic acids is 2. The van der Waals surface area contributed by atoms with Gasteiger partial charge in [0.05, 0.1) is 11.2 Å². The Morgan fingerprint density at radius 2 is 1.81 bits per heavy atom. The largest absolute Gasteiger partial charge is 0.350 e. The molecule has 3 rings (SSSR count). The van der Waals surface area contributed by atoms with Gasteiger partial charge in [0.15, 0.2) is 10.9 Å². The fourth-order valence-electron chi connectivity index (χ4n) is 2.54. The van der Waals surface area contributed by atoms with Crippen molar-refractivity contribution in [1.82, 2.24) is 15.3 Å². The Morgan fingerprint density at radius 3 is 2.52 bits per heavy atom. The average molecular weight is 520 g/mol. The van der Waals surface area contributed by atoms with Gasteiger partial charge in [-0.3, -0.25) is 9.59 Å². The maximum atomic E-state index is 12.5. The molecule has 0 aliphatic heterocycles. The number of thioether (sulfide) groups is 1. The lowest BCUT2D eigenvalue weighted by Gasteiger charge is -2.08. The zero-order valence-corrected chi connectivity index (χ0v) is 19.9. The third-order valence-corrected chi connectivity index (χ3v) is 5.93. The first-order chi connectivity index (χ1) is 14.9. The van der Waals surface area contributed by atoms with Gasteiger partial charge in [0.2, 0.25) is 5.91 Å². The molecule has 3 aromatic rings. The predicted molar refractivity (Wildman–Crippen MR) is 128 cm³/mol. The number of anilines is 1. The van der Waals surface area contributed by atoms with Gasteiger partial charge < -0.3 is 10.6 Å². The molecule has 1 aromatic heterocycles. The molecule has 0 saturated carbocycles. The first kappa shape index (κ1) is 23.2. The lowest BCUT2D eigenvalue weighted by atomic mass is 10.2. The van der Waals surface area contributed by atoms with E-state index in [0.29, 0.717) is 16.6 Å². The SMILES string of the molecule is Cc1ccc(CSc2ncc(Cl)c(C(=O)NCCC(=O)Nc3ccc(Br)cc3)n2)cc1. The molecule has 0 saturated heterocycles. The van der Waals surface area contributed by atoms with E-state index < -0.39 is 5.91 Å². The summed E-state index contributed by atoms with van der Waals surface area (Å²) >= 11 is 10.9. The second-order valence-electron chi connectivity index (χ2n) is 6.68. The van der Waals surface area contributed by atoms with Gasteiger partial charge in [-0.25, -0.2) is 9.97 Å². The molecule has 2 aromatic carbocycles. The molecule has 0 atom stereocenters. The Labute approximate surface area is 198 Å². The van der Waals surface area contributed by atoms with Crippen LogP contribution in [-0.4, -0.2) is 28.3 Å². The Kier molecular flexibility index (Phi) is 8.45. The van der Waals surface area contributed by atoms with Crippen molar-refractivity contribution < 1.29 is 9.59 Å². The summed E-state index contributed by atoms with van der Waals surface area (Å²) in [4.78, 5) is 33.0. The van der Waals surface area contributed by atoms with Crippen LogP contribution in [0, 0.1) is 6.92 Å². The Balaban J connectivity index is 1.50. The van der Waals surface area contributed by atoms with E-state index in [0.717, 1.165) is 10.0 Å². The lowest BCUT2D eigenvalue weighted by molar-refractivity contribution is -0.116. The number of aromatic nitrogens is 2. The fourth-order valence-corrected chi connectivity index (χ4v) is 3.75. The molecule has 0 radical (unpaired) electrons. The molecule has 0 aliphatic carbocycles. The monoisotopic (exact) mass is 518 g/mol. The van der Waals surface area contributed by atoms with Crippen molar-refractivity contribution in [3.8, 4) is 0 Å². The number of hydrogen-bond donors (Lipinski definition) is 2. The van der Waals surface area contributed by atoms with Gasteiger partial charge in [0.1, 0.15) is 0 Å². The standard InChI is InChI=1S/C22H20BrClN4O2S/c1-14-2-4-15(5-3-14)13-31-22-26-12-18(24)20(28-22)21(30)25-11-10-19(29)27-17-8-6-16(23)7-9-17/h2-9,12H,10-11,13H2,1H3,(H,25,30)(H,27,29). The van der Waals surface area contributed by atoms with Crippen molar-refractivity contribution in [2.75, 3.05) is 11.9 Å². The topological polar surface area (TPSA) is 84.0 Å². The van der Waals surface area contributed by atoms with Gasteiger partial charge in [-0.1, -0.05) is 69.1 Å². The van der Waals surface area contributed by atoms with E-state index in [1.54, 1.807) is 12.1 Å². The lowest BCUT2D eigenvalue weighted by Crippen LogP contribution is -2.28. The number of amides is 2. The van der Waals surface area contributed by atoms with E-state index in [2.05, 4.69) is 36.5 Å². The highest BCUT2D eigenvalue weighted by atomic mass is 79.9. The first-order valence-electron chi connectivity index (χ1n) is 9.45. The summed E-state index contributed by atoms with van der Waals surface area (Å²) in [5.41, 5.74) is 3.11. The number of nitrogens with zero attached hydrogens (tertiary/aromatic N) is 2. The van der Waals surface area contributed by atoms with Crippen molar-refractivity contribution in [1.29, 1.82) is 0 Å². The molecule has 31 heavy (non-hydrogen) atoms. The number of halogens is 2. The highest BCUT2D eigenvalue weighted by Gasteiger charge is 2.15. The molecule has 0 spiro atoms. The number of rotatable bonds is 8. The molecule has 2 N–H and O–H groups in total. The van der Waals surface area contributed by atoms with E-state index in [9.17, 15) is 9.59 Å². The van der Waals surface area contributed by atoms with Crippen LogP contribution in [0.3, 0.4) is 0 Å². The van der Waals surface area contributed by atoms with Crippen LogP contribution < -0.4 is 10.6 Å². The highest BCUT2D eigenvalue weighted by molar-refractivity contribution is 9.10. The minimum Gasteiger partial charge on any atom is -0.350 e. The fraction of sp³-hybridized carbons (Fsp3) is 0.182. The van der Waals surface area contributed by atoms with Gasteiger partial charge in [-0.05, 0) is 36.8 Å². The summed E-state index contributed by atoms with van der Waals surface area (Å²) in [6, 6.07) is 15.4. The third-order valence-electron chi connectivity index (χ3n) is 4.19. The molecule has 6 nitrogen and oxygen atoms in total. The number of aryl methyl sites for hydroxylation is 1. The van der Waals surface area contributed by atoms with Crippen LogP contribution in [0.15, 0.2) is 64.4 Å². The van der Waals surface area contributed by atoms with Crippen molar-refractivity contribution in [2.45, 2.75) is 24.3 Å². The molecule has 1 heterocycles. The van der Waals surface area contributed by atoms with E-state index in [1.165, 1.54) is 23.5 Å². The second-order valence-corrected chi connectivity index (χ2v) is 8.95. The number of benzene rings is 2. The van der Waals surface area contributed by atoms with Crippen LogP contribution >= 0.6 is 39.3 Å². The van der Waals surface area contributed by atoms with Crippen molar-refractivity contribution in [3.05, 3.63) is 81.0 Å².